The molecule has 0 radical (unpaired) electrons. The number of alkyl halides is 3. The summed E-state index contributed by atoms with van der Waals surface area (Å²) < 4.78 is 37.9. The van der Waals surface area contributed by atoms with Crippen LogP contribution in [0.15, 0.2) is 6.20 Å². The molecule has 18 heavy (non-hydrogen) atoms. The summed E-state index contributed by atoms with van der Waals surface area (Å²) in [6, 6.07) is 0. The molecule has 104 valence electrons. The predicted octanol–water partition coefficient (Wildman–Crippen LogP) is 3.60. The van der Waals surface area contributed by atoms with Crippen LogP contribution in [0, 0.1) is 12.8 Å². The van der Waals surface area contributed by atoms with Crippen LogP contribution in [0.4, 0.5) is 19.1 Å². The van der Waals surface area contributed by atoms with E-state index in [1.54, 1.807) is 0 Å². The van der Waals surface area contributed by atoms with Gasteiger partial charge in [0.1, 0.15) is 0 Å². The number of aromatic nitrogens is 2. The van der Waals surface area contributed by atoms with Gasteiger partial charge in [-0.1, -0.05) is 13.8 Å². The minimum Gasteiger partial charge on any atom is -0.356 e. The van der Waals surface area contributed by atoms with Crippen molar-refractivity contribution in [2.75, 3.05) is 11.9 Å². The maximum absolute atomic E-state index is 12.0. The maximum Gasteiger partial charge on any atom is 0.389 e. The van der Waals surface area contributed by atoms with Gasteiger partial charge in [-0.15, -0.1) is 0 Å². The number of anilines is 1. The Morgan fingerprint density at radius 1 is 1.39 bits per heavy atom. The number of nitrogens with zero attached hydrogens (tertiary/aromatic N) is 2. The molecule has 3 nitrogen and oxygen atoms in total. The molecule has 0 fully saturated rings. The highest BCUT2D eigenvalue weighted by Crippen LogP contribution is 2.21. The van der Waals surface area contributed by atoms with Gasteiger partial charge in [0, 0.05) is 25.7 Å². The first kappa shape index (κ1) is 14.9. The van der Waals surface area contributed by atoms with Gasteiger partial charge in [0.15, 0.2) is 0 Å². The largest absolute Gasteiger partial charge is 0.389 e. The molecular weight excluding hydrogens is 243 g/mol. The fourth-order valence-corrected chi connectivity index (χ4v) is 1.71. The number of rotatable bonds is 6. The van der Waals surface area contributed by atoms with Crippen LogP contribution < -0.4 is 5.32 Å². The third kappa shape index (κ3) is 5.42. The summed E-state index contributed by atoms with van der Waals surface area (Å²) in [5.74, 6) is 1.12. The first-order chi connectivity index (χ1) is 8.28. The number of hydrogen-bond donors (Lipinski definition) is 1. The highest BCUT2D eigenvalue weighted by molar-refractivity contribution is 5.28. The van der Waals surface area contributed by atoms with E-state index in [1.165, 1.54) is 0 Å². The van der Waals surface area contributed by atoms with Crippen molar-refractivity contribution in [1.29, 1.82) is 0 Å². The molecule has 1 aromatic heterocycles. The van der Waals surface area contributed by atoms with E-state index in [0.717, 1.165) is 12.2 Å². The van der Waals surface area contributed by atoms with E-state index in [9.17, 15) is 13.2 Å². The summed E-state index contributed by atoms with van der Waals surface area (Å²) in [7, 11) is 0. The van der Waals surface area contributed by atoms with Gasteiger partial charge in [-0.25, -0.2) is 4.98 Å². The number of halogens is 3. The topological polar surface area (TPSA) is 29.9 Å². The lowest BCUT2D eigenvalue weighted by Crippen LogP contribution is -2.14. The Morgan fingerprint density at radius 2 is 2.06 bits per heavy atom. The van der Waals surface area contributed by atoms with E-state index in [4.69, 9.17) is 0 Å². The second-order valence-corrected chi connectivity index (χ2v) is 4.90. The van der Waals surface area contributed by atoms with Gasteiger partial charge in [-0.2, -0.15) is 13.2 Å². The van der Waals surface area contributed by atoms with Crippen molar-refractivity contribution in [3.8, 4) is 0 Å². The number of hydrogen-bond acceptors (Lipinski definition) is 2. The Morgan fingerprint density at radius 3 is 2.61 bits per heavy atom. The van der Waals surface area contributed by atoms with E-state index >= 15 is 0 Å². The molecule has 0 atom stereocenters. The molecular formula is C12H20F3N3. The fourth-order valence-electron chi connectivity index (χ4n) is 1.71. The fraction of sp³-hybridized carbons (Fsp3) is 0.750. The molecule has 0 unspecified atom stereocenters. The third-order valence-electron chi connectivity index (χ3n) is 2.38. The summed E-state index contributed by atoms with van der Waals surface area (Å²) in [6.07, 6.45) is -2.86. The van der Waals surface area contributed by atoms with Gasteiger partial charge < -0.3 is 9.88 Å². The quantitative estimate of drug-likeness (QED) is 0.795. The molecule has 0 saturated carbocycles. The minimum absolute atomic E-state index is 0.0666. The van der Waals surface area contributed by atoms with E-state index in [1.807, 2.05) is 17.7 Å². The Labute approximate surface area is 105 Å². The molecule has 0 aromatic carbocycles. The lowest BCUT2D eigenvalue weighted by atomic mass is 10.2. The van der Waals surface area contributed by atoms with Crippen molar-refractivity contribution in [1.82, 2.24) is 9.55 Å². The molecule has 0 aliphatic rings. The summed E-state index contributed by atoms with van der Waals surface area (Å²) in [5, 5.41) is 2.96. The SMILES string of the molecule is Cc1cn(CC(C)C)c(NCCCC(F)(F)F)n1. The first-order valence-electron chi connectivity index (χ1n) is 6.12. The van der Waals surface area contributed by atoms with Gasteiger partial charge in [-0.3, -0.25) is 0 Å². The molecule has 1 heterocycles. The van der Waals surface area contributed by atoms with Crippen LogP contribution in [0.2, 0.25) is 0 Å². The van der Waals surface area contributed by atoms with Crippen LogP contribution in [-0.2, 0) is 6.54 Å². The van der Waals surface area contributed by atoms with Crippen LogP contribution in [0.1, 0.15) is 32.4 Å². The third-order valence-corrected chi connectivity index (χ3v) is 2.38. The molecule has 1 aromatic rings. The lowest BCUT2D eigenvalue weighted by Gasteiger charge is -2.12. The van der Waals surface area contributed by atoms with Crippen LogP contribution in [0.25, 0.3) is 0 Å². The molecule has 0 amide bonds. The molecule has 0 bridgehead atoms. The highest BCUT2D eigenvalue weighted by Gasteiger charge is 2.25. The van der Waals surface area contributed by atoms with Gasteiger partial charge in [-0.05, 0) is 19.3 Å². The Hall–Kier alpha value is -1.20. The monoisotopic (exact) mass is 263 g/mol. The zero-order chi connectivity index (χ0) is 13.8. The van der Waals surface area contributed by atoms with E-state index < -0.39 is 12.6 Å². The molecule has 6 heteroatoms. The minimum atomic E-state index is -4.08. The lowest BCUT2D eigenvalue weighted by molar-refractivity contribution is -0.134. The molecule has 0 aliphatic carbocycles. The first-order valence-corrected chi connectivity index (χ1v) is 6.12. The van der Waals surface area contributed by atoms with Crippen LogP contribution in [0.3, 0.4) is 0 Å². The standard InChI is InChI=1S/C12H20F3N3/c1-9(2)7-18-8-10(3)17-11(18)16-6-4-5-12(13,14)15/h8-9H,4-7H2,1-3H3,(H,16,17). The van der Waals surface area contributed by atoms with E-state index in [2.05, 4.69) is 24.1 Å². The Kier molecular flexibility index (Phi) is 5.04. The summed E-state index contributed by atoms with van der Waals surface area (Å²) in [6.45, 7) is 7.14. The molecule has 1 rings (SSSR count). The van der Waals surface area contributed by atoms with Crippen molar-refractivity contribution in [2.45, 2.75) is 46.3 Å². The average Bonchev–Trinajstić information content (AvgIpc) is 2.51. The van der Waals surface area contributed by atoms with E-state index in [-0.39, 0.29) is 13.0 Å². The van der Waals surface area contributed by atoms with Crippen molar-refractivity contribution >= 4 is 5.95 Å². The molecule has 0 spiro atoms. The van der Waals surface area contributed by atoms with Gasteiger partial charge in [0.2, 0.25) is 5.95 Å². The number of nitrogens with one attached hydrogen (secondary N) is 1. The summed E-state index contributed by atoms with van der Waals surface area (Å²) in [4.78, 5) is 4.27. The van der Waals surface area contributed by atoms with E-state index in [0.29, 0.717) is 11.9 Å². The van der Waals surface area contributed by atoms with Crippen LogP contribution in [-0.4, -0.2) is 22.3 Å². The smallest absolute Gasteiger partial charge is 0.356 e. The zero-order valence-corrected chi connectivity index (χ0v) is 11.0. The van der Waals surface area contributed by atoms with Crippen molar-refractivity contribution in [3.63, 3.8) is 0 Å². The second kappa shape index (κ2) is 6.11. The normalized spacial score (nSPS) is 12.2. The maximum atomic E-state index is 12.0. The zero-order valence-electron chi connectivity index (χ0n) is 11.0. The summed E-state index contributed by atoms with van der Waals surface area (Å²) >= 11 is 0. The Bertz CT molecular complexity index is 369. The van der Waals surface area contributed by atoms with Gasteiger partial charge in [0.25, 0.3) is 0 Å². The van der Waals surface area contributed by atoms with Crippen LogP contribution in [0.5, 0.6) is 0 Å². The Balaban J connectivity index is 2.46. The highest BCUT2D eigenvalue weighted by atomic mass is 19.4. The average molecular weight is 263 g/mol. The summed E-state index contributed by atoms with van der Waals surface area (Å²) in [5.41, 5.74) is 0.869. The van der Waals surface area contributed by atoms with Crippen molar-refractivity contribution in [2.24, 2.45) is 5.92 Å². The van der Waals surface area contributed by atoms with Crippen LogP contribution >= 0.6 is 0 Å². The predicted molar refractivity (Wildman–Crippen MR) is 65.6 cm³/mol. The van der Waals surface area contributed by atoms with Crippen molar-refractivity contribution < 1.29 is 13.2 Å². The van der Waals surface area contributed by atoms with Crippen molar-refractivity contribution in [3.05, 3.63) is 11.9 Å². The number of aryl methyl sites for hydroxylation is 1. The molecule has 0 aliphatic heterocycles. The molecule has 1 N–H and O–H groups in total. The van der Waals surface area contributed by atoms with Gasteiger partial charge >= 0.3 is 6.18 Å². The molecule has 0 saturated heterocycles. The second-order valence-electron chi connectivity index (χ2n) is 4.90. The van der Waals surface area contributed by atoms with Gasteiger partial charge in [0.05, 0.1) is 5.69 Å². The number of imidazole rings is 1.